The number of nitrogens with zero attached hydrogens (tertiary/aromatic N) is 1. The lowest BCUT2D eigenvalue weighted by Gasteiger charge is -2.10. The number of ether oxygens (including phenoxy) is 2. The molecular weight excluding hydrogens is 482 g/mol. The van der Waals surface area contributed by atoms with Gasteiger partial charge in [0.1, 0.15) is 29.2 Å². The monoisotopic (exact) mass is 501 g/mol. The van der Waals surface area contributed by atoms with Crippen molar-refractivity contribution < 1.29 is 18.5 Å². The molecule has 0 saturated heterocycles. The van der Waals surface area contributed by atoms with Crippen molar-refractivity contribution in [3.8, 4) is 5.75 Å². The van der Waals surface area contributed by atoms with Crippen LogP contribution in [0.2, 0.25) is 5.02 Å². The maximum atomic E-state index is 12.6. The fraction of sp³-hybridized carbons (Fsp3) is 0.130. The van der Waals surface area contributed by atoms with Crippen molar-refractivity contribution in [1.29, 1.82) is 0 Å². The molecule has 0 fully saturated rings. The van der Waals surface area contributed by atoms with Crippen LogP contribution >= 0.6 is 22.9 Å². The van der Waals surface area contributed by atoms with Gasteiger partial charge in [0, 0.05) is 28.2 Å². The first-order valence-electron chi connectivity index (χ1n) is 9.94. The SMILES string of the molecule is CCOC(=O)c1cnc(N)c2c(COc3cccc(NS(=O)c4ccc(Cl)cc4)c3)csc12. The van der Waals surface area contributed by atoms with Crippen molar-refractivity contribution in [2.24, 2.45) is 0 Å². The summed E-state index contributed by atoms with van der Waals surface area (Å²) in [6, 6.07) is 14.0. The van der Waals surface area contributed by atoms with Crippen molar-refractivity contribution in [2.75, 3.05) is 17.1 Å². The van der Waals surface area contributed by atoms with Crippen LogP contribution in [0.4, 0.5) is 11.5 Å². The third kappa shape index (κ3) is 5.27. The lowest BCUT2D eigenvalue weighted by molar-refractivity contribution is 0.0528. The number of rotatable bonds is 8. The van der Waals surface area contributed by atoms with Crippen LogP contribution in [0.25, 0.3) is 10.1 Å². The number of esters is 1. The minimum Gasteiger partial charge on any atom is -0.489 e. The smallest absolute Gasteiger partial charge is 0.341 e. The summed E-state index contributed by atoms with van der Waals surface area (Å²) in [4.78, 5) is 17.0. The molecule has 1 atom stereocenters. The van der Waals surface area contributed by atoms with Gasteiger partial charge in [0.25, 0.3) is 0 Å². The lowest BCUT2D eigenvalue weighted by Crippen LogP contribution is -2.07. The molecule has 3 N–H and O–H groups in total. The van der Waals surface area contributed by atoms with Gasteiger partial charge in [-0.2, -0.15) is 0 Å². The largest absolute Gasteiger partial charge is 0.489 e. The van der Waals surface area contributed by atoms with Crippen molar-refractivity contribution in [1.82, 2.24) is 4.98 Å². The van der Waals surface area contributed by atoms with Crippen LogP contribution in [-0.4, -0.2) is 21.8 Å². The fourth-order valence-corrected chi connectivity index (χ4v) is 5.16. The van der Waals surface area contributed by atoms with Gasteiger partial charge in [-0.25, -0.2) is 14.0 Å². The van der Waals surface area contributed by atoms with Crippen LogP contribution in [0.3, 0.4) is 0 Å². The Morgan fingerprint density at radius 3 is 2.79 bits per heavy atom. The number of hydrogen-bond acceptors (Lipinski definition) is 7. The highest BCUT2D eigenvalue weighted by atomic mass is 35.5. The molecule has 4 rings (SSSR count). The molecule has 4 aromatic rings. The first-order valence-corrected chi connectivity index (χ1v) is 12.4. The Balaban J connectivity index is 1.49. The highest BCUT2D eigenvalue weighted by molar-refractivity contribution is 7.86. The van der Waals surface area contributed by atoms with Crippen LogP contribution in [0.1, 0.15) is 22.8 Å². The number of aromatic nitrogens is 1. The summed E-state index contributed by atoms with van der Waals surface area (Å²) < 4.78 is 27.3. The Morgan fingerprint density at radius 1 is 1.24 bits per heavy atom. The number of benzene rings is 2. The van der Waals surface area contributed by atoms with E-state index < -0.39 is 17.0 Å². The number of pyridine rings is 1. The Hall–Kier alpha value is -3.14. The first-order chi connectivity index (χ1) is 16.0. The van der Waals surface area contributed by atoms with Crippen LogP contribution in [0.15, 0.2) is 65.0 Å². The quantitative estimate of drug-likeness (QED) is 0.312. The van der Waals surface area contributed by atoms with Gasteiger partial charge in [-0.15, -0.1) is 11.3 Å². The molecule has 0 aliphatic rings. The molecule has 0 aliphatic heterocycles. The fourth-order valence-electron chi connectivity index (χ4n) is 3.13. The van der Waals surface area contributed by atoms with Crippen LogP contribution < -0.4 is 15.2 Å². The second-order valence-electron chi connectivity index (χ2n) is 6.88. The van der Waals surface area contributed by atoms with Gasteiger partial charge in [0.15, 0.2) is 0 Å². The van der Waals surface area contributed by atoms with E-state index in [2.05, 4.69) is 9.71 Å². The summed E-state index contributed by atoms with van der Waals surface area (Å²) in [7, 11) is -1.45. The highest BCUT2D eigenvalue weighted by Gasteiger charge is 2.18. The minimum absolute atomic E-state index is 0.224. The summed E-state index contributed by atoms with van der Waals surface area (Å²) in [5.41, 5.74) is 7.93. The Morgan fingerprint density at radius 2 is 2.03 bits per heavy atom. The van der Waals surface area contributed by atoms with E-state index in [9.17, 15) is 9.00 Å². The van der Waals surface area contributed by atoms with Gasteiger partial charge < -0.3 is 19.9 Å². The van der Waals surface area contributed by atoms with Crippen LogP contribution in [-0.2, 0) is 22.3 Å². The molecule has 0 radical (unpaired) electrons. The van der Waals surface area contributed by atoms with E-state index in [1.807, 2.05) is 5.38 Å². The predicted octanol–water partition coefficient (Wildman–Crippen LogP) is 5.42. The average molecular weight is 502 g/mol. The molecule has 2 heterocycles. The maximum absolute atomic E-state index is 12.6. The first kappa shape index (κ1) is 23.0. The molecule has 10 heteroatoms. The number of carbonyl (C=O) groups excluding carboxylic acids is 1. The molecule has 0 bridgehead atoms. The molecule has 33 heavy (non-hydrogen) atoms. The van der Waals surface area contributed by atoms with Gasteiger partial charge in [0.2, 0.25) is 0 Å². The molecule has 0 amide bonds. The number of carbonyl (C=O) groups is 1. The molecule has 0 saturated carbocycles. The lowest BCUT2D eigenvalue weighted by atomic mass is 10.1. The molecule has 170 valence electrons. The van der Waals surface area contributed by atoms with E-state index in [4.69, 9.17) is 26.8 Å². The zero-order valence-electron chi connectivity index (χ0n) is 17.5. The third-order valence-electron chi connectivity index (χ3n) is 4.66. The summed E-state index contributed by atoms with van der Waals surface area (Å²) in [6.45, 7) is 2.25. The molecule has 2 aromatic carbocycles. The van der Waals surface area contributed by atoms with Crippen LogP contribution in [0.5, 0.6) is 5.75 Å². The van der Waals surface area contributed by atoms with E-state index in [0.29, 0.717) is 42.8 Å². The number of nitrogens with one attached hydrogen (secondary N) is 1. The number of nitrogen functional groups attached to an aromatic ring is 1. The average Bonchev–Trinajstić information content (AvgIpc) is 3.23. The minimum atomic E-state index is -1.45. The van der Waals surface area contributed by atoms with Gasteiger partial charge in [-0.05, 0) is 48.7 Å². The molecule has 0 spiro atoms. The summed E-state index contributed by atoms with van der Waals surface area (Å²) in [5, 5.41) is 3.16. The van der Waals surface area contributed by atoms with E-state index in [1.54, 1.807) is 55.5 Å². The molecule has 1 unspecified atom stereocenters. The van der Waals surface area contributed by atoms with E-state index >= 15 is 0 Å². The maximum Gasteiger partial charge on any atom is 0.341 e. The number of hydrogen-bond donors (Lipinski definition) is 2. The number of thiophene rings is 1. The second kappa shape index (κ2) is 10.2. The Bertz CT molecular complexity index is 1330. The topological polar surface area (TPSA) is 104 Å². The molecular formula is C23H20ClN3O4S2. The number of nitrogens with two attached hydrogens (primary N) is 1. The van der Waals surface area contributed by atoms with Crippen LogP contribution in [0, 0.1) is 0 Å². The second-order valence-corrected chi connectivity index (χ2v) is 9.41. The number of anilines is 2. The zero-order valence-corrected chi connectivity index (χ0v) is 19.9. The zero-order chi connectivity index (χ0) is 23.4. The number of fused-ring (bicyclic) bond motifs is 1. The number of halogens is 1. The van der Waals surface area contributed by atoms with Gasteiger partial charge in [-0.3, -0.25) is 0 Å². The standard InChI is InChI=1S/C23H20ClN3O4S2/c1-2-30-23(28)19-11-26-22(25)20-14(13-32-21(19)20)12-31-17-5-3-4-16(10-17)27-33(29)18-8-6-15(24)7-9-18/h3-11,13,27H,2,12H2,1H3,(H2,25,26). The van der Waals surface area contributed by atoms with Gasteiger partial charge >= 0.3 is 5.97 Å². The summed E-state index contributed by atoms with van der Waals surface area (Å²) in [6.07, 6.45) is 1.44. The molecule has 0 aliphatic carbocycles. The summed E-state index contributed by atoms with van der Waals surface area (Å²) in [5.74, 6) is 0.476. The van der Waals surface area contributed by atoms with Crippen molar-refractivity contribution in [3.63, 3.8) is 0 Å². The van der Waals surface area contributed by atoms with E-state index in [0.717, 1.165) is 5.56 Å². The Labute approximate surface area is 202 Å². The molecule has 7 nitrogen and oxygen atoms in total. The van der Waals surface area contributed by atoms with Gasteiger partial charge in [-0.1, -0.05) is 17.7 Å². The normalized spacial score (nSPS) is 11.8. The summed E-state index contributed by atoms with van der Waals surface area (Å²) >= 11 is 7.28. The van der Waals surface area contributed by atoms with Crippen molar-refractivity contribution in [3.05, 3.63) is 76.3 Å². The highest BCUT2D eigenvalue weighted by Crippen LogP contribution is 2.33. The van der Waals surface area contributed by atoms with Crippen molar-refractivity contribution in [2.45, 2.75) is 18.4 Å². The molecule has 2 aromatic heterocycles. The Kier molecular flexibility index (Phi) is 7.12. The van der Waals surface area contributed by atoms with E-state index in [1.165, 1.54) is 17.5 Å². The van der Waals surface area contributed by atoms with E-state index in [-0.39, 0.29) is 13.2 Å². The van der Waals surface area contributed by atoms with Crippen molar-refractivity contribution >= 4 is 61.5 Å². The third-order valence-corrected chi connectivity index (χ3v) is 7.10. The van der Waals surface area contributed by atoms with Gasteiger partial charge in [0.05, 0.1) is 27.5 Å². The predicted molar refractivity (Wildman–Crippen MR) is 132 cm³/mol.